The average molecular weight is 452 g/mol. The largest absolute Gasteiger partial charge is 0.296 e. The fourth-order valence-electron chi connectivity index (χ4n) is 2.76. The Hall–Kier alpha value is -3.63. The van der Waals surface area contributed by atoms with Gasteiger partial charge in [-0.3, -0.25) is 19.8 Å². The fraction of sp³-hybridized carbons (Fsp3) is 0.0476. The van der Waals surface area contributed by atoms with Crippen LogP contribution in [0.5, 0.6) is 0 Å². The van der Waals surface area contributed by atoms with Gasteiger partial charge >= 0.3 is 0 Å². The van der Waals surface area contributed by atoms with Gasteiger partial charge in [-0.1, -0.05) is 35.6 Å². The molecule has 2 aromatic carbocycles. The fourth-order valence-corrected chi connectivity index (χ4v) is 4.57. The van der Waals surface area contributed by atoms with Crippen LogP contribution in [0, 0.1) is 6.92 Å². The van der Waals surface area contributed by atoms with Crippen LogP contribution in [0.3, 0.4) is 0 Å². The first kappa shape index (κ1) is 20.6. The van der Waals surface area contributed by atoms with Crippen LogP contribution >= 0.6 is 11.3 Å². The van der Waals surface area contributed by atoms with Crippen molar-refractivity contribution in [2.45, 2.75) is 11.8 Å². The number of carbonyl (C=O) groups excluding carboxylic acids is 1. The van der Waals surface area contributed by atoms with Gasteiger partial charge in [0.2, 0.25) is 5.13 Å². The van der Waals surface area contributed by atoms with E-state index in [9.17, 15) is 13.2 Å². The van der Waals surface area contributed by atoms with Crippen molar-refractivity contribution in [2.24, 2.45) is 0 Å². The smallest absolute Gasteiger partial charge is 0.261 e. The second kappa shape index (κ2) is 8.62. The summed E-state index contributed by atoms with van der Waals surface area (Å²) in [6.07, 6.45) is 1.64. The Morgan fingerprint density at radius 2 is 1.81 bits per heavy atom. The number of aryl methyl sites for hydroxylation is 1. The lowest BCUT2D eigenvalue weighted by molar-refractivity contribution is 0.102. The van der Waals surface area contributed by atoms with Crippen LogP contribution in [0.1, 0.15) is 15.9 Å². The number of pyridine rings is 1. The molecule has 0 aliphatic heterocycles. The van der Waals surface area contributed by atoms with Gasteiger partial charge in [-0.25, -0.2) is 8.42 Å². The van der Waals surface area contributed by atoms with Crippen molar-refractivity contribution in [3.05, 3.63) is 84.1 Å². The predicted octanol–water partition coefficient (Wildman–Crippen LogP) is 3.96. The quantitative estimate of drug-likeness (QED) is 0.459. The molecular formula is C21H17N5O3S2. The van der Waals surface area contributed by atoms with Crippen molar-refractivity contribution in [1.82, 2.24) is 15.2 Å². The number of benzene rings is 2. The van der Waals surface area contributed by atoms with Crippen molar-refractivity contribution < 1.29 is 13.2 Å². The van der Waals surface area contributed by atoms with E-state index in [1.807, 2.05) is 19.1 Å². The minimum Gasteiger partial charge on any atom is -0.296 e. The maximum absolute atomic E-state index is 12.7. The Labute approximate surface area is 183 Å². The minimum atomic E-state index is -3.85. The van der Waals surface area contributed by atoms with Gasteiger partial charge in [0, 0.05) is 17.4 Å². The summed E-state index contributed by atoms with van der Waals surface area (Å²) in [6, 6.07) is 18.2. The third kappa shape index (κ3) is 4.93. The van der Waals surface area contributed by atoms with Crippen molar-refractivity contribution in [3.63, 3.8) is 0 Å². The standard InChI is InChI=1S/C21H17N5O3S2/c1-14-6-4-8-16(12-14)26-31(28,29)17-9-5-7-15(13-17)19(27)23-21-25-24-20(30-21)18-10-2-3-11-22-18/h2-13,26H,1H3,(H,23,25,27). The Morgan fingerprint density at radius 1 is 0.968 bits per heavy atom. The van der Waals surface area contributed by atoms with Gasteiger partial charge in [0.25, 0.3) is 15.9 Å². The first-order valence-electron chi connectivity index (χ1n) is 9.16. The number of sulfonamides is 1. The number of hydrogen-bond acceptors (Lipinski definition) is 7. The predicted molar refractivity (Wildman–Crippen MR) is 120 cm³/mol. The molecule has 0 aliphatic carbocycles. The summed E-state index contributed by atoms with van der Waals surface area (Å²) in [5.74, 6) is -0.490. The molecule has 0 radical (unpaired) electrons. The Morgan fingerprint density at radius 3 is 2.58 bits per heavy atom. The van der Waals surface area contributed by atoms with Gasteiger partial charge in [-0.15, -0.1) is 10.2 Å². The summed E-state index contributed by atoms with van der Waals surface area (Å²) in [4.78, 5) is 16.8. The molecule has 0 saturated carbocycles. The molecule has 31 heavy (non-hydrogen) atoms. The highest BCUT2D eigenvalue weighted by molar-refractivity contribution is 7.92. The van der Waals surface area contributed by atoms with Crippen molar-refractivity contribution in [3.8, 4) is 10.7 Å². The lowest BCUT2D eigenvalue weighted by Gasteiger charge is -2.10. The molecule has 2 heterocycles. The van der Waals surface area contributed by atoms with E-state index in [0.717, 1.165) is 5.56 Å². The minimum absolute atomic E-state index is 0.0203. The molecule has 0 fully saturated rings. The van der Waals surface area contributed by atoms with Crippen molar-refractivity contribution in [1.29, 1.82) is 0 Å². The van der Waals surface area contributed by atoms with E-state index in [-0.39, 0.29) is 15.6 Å². The van der Waals surface area contributed by atoms with Crippen LogP contribution in [-0.2, 0) is 10.0 Å². The van der Waals surface area contributed by atoms with Gasteiger partial charge in [0.1, 0.15) is 5.69 Å². The van der Waals surface area contributed by atoms with E-state index in [2.05, 4.69) is 25.2 Å². The molecule has 0 bridgehead atoms. The zero-order chi connectivity index (χ0) is 21.8. The number of aromatic nitrogens is 3. The van der Waals surface area contributed by atoms with Crippen LogP contribution < -0.4 is 10.0 Å². The van der Waals surface area contributed by atoms with Crippen LogP contribution in [0.15, 0.2) is 77.8 Å². The Balaban J connectivity index is 1.51. The van der Waals surface area contributed by atoms with E-state index >= 15 is 0 Å². The molecule has 0 atom stereocenters. The van der Waals surface area contributed by atoms with Gasteiger partial charge in [-0.05, 0) is 55.0 Å². The monoisotopic (exact) mass is 451 g/mol. The molecular weight excluding hydrogens is 434 g/mol. The van der Waals surface area contributed by atoms with Gasteiger partial charge in [0.05, 0.1) is 4.90 Å². The van der Waals surface area contributed by atoms with Crippen LogP contribution in [-0.4, -0.2) is 29.5 Å². The van der Waals surface area contributed by atoms with E-state index in [4.69, 9.17) is 0 Å². The highest BCUT2D eigenvalue weighted by atomic mass is 32.2. The summed E-state index contributed by atoms with van der Waals surface area (Å²) in [5.41, 5.74) is 2.21. The third-order valence-electron chi connectivity index (χ3n) is 4.21. The van der Waals surface area contributed by atoms with Crippen LogP contribution in [0.4, 0.5) is 10.8 Å². The number of carbonyl (C=O) groups is 1. The molecule has 2 N–H and O–H groups in total. The van der Waals surface area contributed by atoms with Gasteiger partial charge in [0.15, 0.2) is 5.01 Å². The lowest BCUT2D eigenvalue weighted by atomic mass is 10.2. The maximum atomic E-state index is 12.7. The molecule has 8 nitrogen and oxygen atoms in total. The number of nitrogens with one attached hydrogen (secondary N) is 2. The number of rotatable bonds is 6. The molecule has 10 heteroatoms. The average Bonchev–Trinajstić information content (AvgIpc) is 3.23. The summed E-state index contributed by atoms with van der Waals surface area (Å²) < 4.78 is 28.0. The maximum Gasteiger partial charge on any atom is 0.261 e. The highest BCUT2D eigenvalue weighted by Gasteiger charge is 2.18. The Bertz CT molecular complexity index is 1340. The zero-order valence-electron chi connectivity index (χ0n) is 16.3. The number of anilines is 2. The SMILES string of the molecule is Cc1cccc(NS(=O)(=O)c2cccc(C(=O)Nc3nnc(-c4ccccn4)s3)c2)c1. The number of hydrogen-bond donors (Lipinski definition) is 2. The van der Waals surface area contributed by atoms with Gasteiger partial charge in [-0.2, -0.15) is 0 Å². The molecule has 1 amide bonds. The summed E-state index contributed by atoms with van der Waals surface area (Å²) in [7, 11) is -3.85. The molecule has 156 valence electrons. The van der Waals surface area contributed by atoms with E-state index in [1.165, 1.54) is 35.6 Å². The summed E-state index contributed by atoms with van der Waals surface area (Å²) in [5, 5.41) is 11.5. The van der Waals surface area contributed by atoms with Gasteiger partial charge < -0.3 is 0 Å². The molecule has 0 spiro atoms. The highest BCUT2D eigenvalue weighted by Crippen LogP contribution is 2.25. The second-order valence-corrected chi connectivity index (χ2v) is 9.24. The van der Waals surface area contributed by atoms with E-state index in [0.29, 0.717) is 16.4 Å². The molecule has 0 aliphatic rings. The second-order valence-electron chi connectivity index (χ2n) is 6.58. The molecule has 4 rings (SSSR count). The Kier molecular flexibility index (Phi) is 5.74. The van der Waals surface area contributed by atoms with E-state index in [1.54, 1.807) is 36.5 Å². The van der Waals surface area contributed by atoms with Crippen molar-refractivity contribution >= 4 is 38.1 Å². The van der Waals surface area contributed by atoms with Crippen LogP contribution in [0.2, 0.25) is 0 Å². The molecule has 0 unspecified atom stereocenters. The molecule has 0 saturated heterocycles. The normalized spacial score (nSPS) is 11.1. The number of amides is 1. The zero-order valence-corrected chi connectivity index (χ0v) is 17.9. The summed E-state index contributed by atoms with van der Waals surface area (Å²) in [6.45, 7) is 1.87. The summed E-state index contributed by atoms with van der Waals surface area (Å²) >= 11 is 1.17. The van der Waals surface area contributed by atoms with Crippen LogP contribution in [0.25, 0.3) is 10.7 Å². The first-order valence-corrected chi connectivity index (χ1v) is 11.5. The third-order valence-corrected chi connectivity index (χ3v) is 6.45. The lowest BCUT2D eigenvalue weighted by Crippen LogP contribution is -2.16. The van der Waals surface area contributed by atoms with Crippen molar-refractivity contribution in [2.75, 3.05) is 10.0 Å². The first-order chi connectivity index (χ1) is 14.9. The molecule has 2 aromatic heterocycles. The molecule has 4 aromatic rings. The number of nitrogens with zero attached hydrogens (tertiary/aromatic N) is 3. The topological polar surface area (TPSA) is 114 Å². The van der Waals surface area contributed by atoms with E-state index < -0.39 is 15.9 Å².